The minimum atomic E-state index is -2.67. The number of fused-ring (bicyclic) bond motifs is 1. The molecule has 7 nitrogen and oxygen atoms in total. The van der Waals surface area contributed by atoms with Crippen LogP contribution in [0.25, 0.3) is 10.9 Å². The first-order chi connectivity index (χ1) is 15.7. The molecule has 2 aromatic carbocycles. The number of urea groups is 1. The zero-order valence-electron chi connectivity index (χ0n) is 18.7. The number of nitrogens with one attached hydrogen (secondary N) is 2. The van der Waals surface area contributed by atoms with E-state index in [1.54, 1.807) is 12.3 Å². The lowest BCUT2D eigenvalue weighted by molar-refractivity contribution is 0.262. The first kappa shape index (κ1) is 16.1. The Balaban J connectivity index is 1.55. The Kier molecular flexibility index (Phi) is 4.48. The van der Waals surface area contributed by atoms with Crippen molar-refractivity contribution in [2.24, 2.45) is 0 Å². The second-order valence-corrected chi connectivity index (χ2v) is 7.03. The molecule has 0 radical (unpaired) electrons. The third-order valence-electron chi connectivity index (χ3n) is 4.56. The fourth-order valence-corrected chi connectivity index (χ4v) is 3.40. The average molecular weight is 425 g/mol. The molecule has 0 saturated carbocycles. The lowest BCUT2D eigenvalue weighted by Crippen LogP contribution is -2.20. The number of anilines is 3. The summed E-state index contributed by atoms with van der Waals surface area (Å²) in [5.74, 6) is 0.432. The highest BCUT2D eigenvalue weighted by Gasteiger charge is 2.12. The van der Waals surface area contributed by atoms with Crippen molar-refractivity contribution >= 4 is 45.7 Å². The summed E-state index contributed by atoms with van der Waals surface area (Å²) in [6.45, 7) is 0.588. The van der Waals surface area contributed by atoms with Crippen LogP contribution in [0.15, 0.2) is 67.0 Å². The molecule has 4 rings (SSSR count). The average Bonchev–Trinajstić information content (AvgIpc) is 3.13. The van der Waals surface area contributed by atoms with Crippen molar-refractivity contribution in [3.8, 4) is 5.75 Å². The van der Waals surface area contributed by atoms with Crippen LogP contribution < -0.4 is 21.1 Å². The fraction of sp³-hybridized carbons (Fsp3) is 0.0909. The zero-order chi connectivity index (χ0) is 23.6. The van der Waals surface area contributed by atoms with E-state index in [9.17, 15) is 4.79 Å². The topological polar surface area (TPSA) is 94.2 Å². The van der Waals surface area contributed by atoms with E-state index >= 15 is 0 Å². The molecule has 0 aliphatic rings. The van der Waals surface area contributed by atoms with Crippen LogP contribution in [0.2, 0.25) is 5.02 Å². The molecule has 0 aliphatic carbocycles. The summed E-state index contributed by atoms with van der Waals surface area (Å²) in [5.41, 5.74) is 8.40. The van der Waals surface area contributed by atoms with Gasteiger partial charge in [0.1, 0.15) is 11.6 Å². The summed E-state index contributed by atoms with van der Waals surface area (Å²) in [4.78, 5) is 16.7. The fourth-order valence-electron chi connectivity index (χ4n) is 3.22. The van der Waals surface area contributed by atoms with Gasteiger partial charge in [0.25, 0.3) is 0 Å². The highest BCUT2D eigenvalue weighted by Crippen LogP contribution is 2.29. The van der Waals surface area contributed by atoms with Gasteiger partial charge < -0.3 is 25.7 Å². The number of pyridine rings is 1. The summed E-state index contributed by atoms with van der Waals surface area (Å²) >= 11 is 6.01. The van der Waals surface area contributed by atoms with E-state index in [4.69, 9.17) is 26.2 Å². The number of nitrogens with two attached hydrogens (primary N) is 1. The third kappa shape index (κ3) is 4.16. The van der Waals surface area contributed by atoms with Crippen LogP contribution in [0, 0.1) is 0 Å². The number of benzene rings is 2. The smallest absolute Gasteiger partial charge is 0.323 e. The van der Waals surface area contributed by atoms with Gasteiger partial charge in [0.05, 0.1) is 28.0 Å². The van der Waals surface area contributed by atoms with Gasteiger partial charge in [0.15, 0.2) is 0 Å². The molecule has 0 spiro atoms. The number of amides is 2. The molecule has 0 unspecified atom stereocenters. The standard InChI is InChI=1S/C22H20ClN5O2/c1-30-20-6-5-15(23)12-18(20)27-22(29)26-17-3-2-4-19-16(17)8-10-28(19)13-14-7-9-25-21(24)11-14/h2-12H,13H2,1H3,(H2,24,25)(H2,26,27,29)/i1D3. The van der Waals surface area contributed by atoms with Gasteiger partial charge in [0, 0.05) is 29.3 Å². The number of nitrogen functional groups attached to an aromatic ring is 1. The van der Waals surface area contributed by atoms with Crippen molar-refractivity contribution in [2.75, 3.05) is 23.4 Å². The molecule has 0 fully saturated rings. The number of hydrogen-bond donors (Lipinski definition) is 3. The summed E-state index contributed by atoms with van der Waals surface area (Å²) in [5, 5.41) is 6.55. The second kappa shape index (κ2) is 8.34. The van der Waals surface area contributed by atoms with Crippen LogP contribution in [0.1, 0.15) is 9.68 Å². The minimum absolute atomic E-state index is 0.0180. The Labute approximate surface area is 182 Å². The minimum Gasteiger partial charge on any atom is -0.495 e. The Morgan fingerprint density at radius 1 is 1.20 bits per heavy atom. The van der Waals surface area contributed by atoms with E-state index in [1.165, 1.54) is 18.2 Å². The molecule has 2 aromatic heterocycles. The molecule has 0 atom stereocenters. The van der Waals surface area contributed by atoms with Crippen molar-refractivity contribution in [1.29, 1.82) is 0 Å². The number of ether oxygens (including phenoxy) is 1. The predicted molar refractivity (Wildman–Crippen MR) is 120 cm³/mol. The second-order valence-electron chi connectivity index (χ2n) is 6.59. The molecule has 30 heavy (non-hydrogen) atoms. The third-order valence-corrected chi connectivity index (χ3v) is 4.80. The number of hydrogen-bond acceptors (Lipinski definition) is 4. The van der Waals surface area contributed by atoms with Crippen LogP contribution in [0.4, 0.5) is 22.0 Å². The van der Waals surface area contributed by atoms with Crippen molar-refractivity contribution in [1.82, 2.24) is 9.55 Å². The summed E-state index contributed by atoms with van der Waals surface area (Å²) in [6, 6.07) is 14.9. The molecule has 0 saturated heterocycles. The number of nitrogens with zero attached hydrogens (tertiary/aromatic N) is 2. The predicted octanol–water partition coefficient (Wildman–Crippen LogP) is 4.97. The van der Waals surface area contributed by atoms with Crippen molar-refractivity contribution in [3.63, 3.8) is 0 Å². The molecular weight excluding hydrogens is 402 g/mol. The molecule has 4 aromatic rings. The number of carbonyl (C=O) groups excluding carboxylic acids is 1. The van der Waals surface area contributed by atoms with Gasteiger partial charge in [-0.2, -0.15) is 0 Å². The van der Waals surface area contributed by atoms with Crippen LogP contribution >= 0.6 is 11.6 Å². The molecule has 8 heteroatoms. The largest absolute Gasteiger partial charge is 0.495 e. The molecule has 2 amide bonds. The highest BCUT2D eigenvalue weighted by atomic mass is 35.5. The molecule has 2 heterocycles. The van der Waals surface area contributed by atoms with Crippen molar-refractivity contribution < 1.29 is 13.6 Å². The van der Waals surface area contributed by atoms with Gasteiger partial charge in [-0.3, -0.25) is 0 Å². The summed E-state index contributed by atoms with van der Waals surface area (Å²) in [7, 11) is -2.67. The summed E-state index contributed by atoms with van der Waals surface area (Å²) in [6.07, 6.45) is 3.58. The van der Waals surface area contributed by atoms with E-state index in [-0.39, 0.29) is 11.4 Å². The Morgan fingerprint density at radius 3 is 2.90 bits per heavy atom. The van der Waals surface area contributed by atoms with E-state index in [0.717, 1.165) is 16.5 Å². The van der Waals surface area contributed by atoms with Crippen LogP contribution in [-0.2, 0) is 6.54 Å². The Hall–Kier alpha value is -3.71. The summed E-state index contributed by atoms with van der Waals surface area (Å²) < 4.78 is 28.9. The van der Waals surface area contributed by atoms with Gasteiger partial charge in [-0.15, -0.1) is 0 Å². The lowest BCUT2D eigenvalue weighted by atomic mass is 10.2. The number of rotatable bonds is 5. The molecule has 0 bridgehead atoms. The van der Waals surface area contributed by atoms with Crippen molar-refractivity contribution in [3.05, 3.63) is 77.6 Å². The number of carbonyl (C=O) groups is 1. The van der Waals surface area contributed by atoms with Gasteiger partial charge >= 0.3 is 6.03 Å². The SMILES string of the molecule is [2H]C([2H])([2H])Oc1ccc(Cl)cc1NC(=O)Nc1cccc2c1ccn2Cc1ccnc(N)c1. The molecular formula is C22H20ClN5O2. The van der Waals surface area contributed by atoms with Crippen molar-refractivity contribution in [2.45, 2.75) is 6.54 Å². The van der Waals surface area contributed by atoms with Gasteiger partial charge in [-0.25, -0.2) is 9.78 Å². The normalized spacial score (nSPS) is 12.6. The van der Waals surface area contributed by atoms with Gasteiger partial charge in [0.2, 0.25) is 0 Å². The van der Waals surface area contributed by atoms with Crippen LogP contribution in [0.3, 0.4) is 0 Å². The van der Waals surface area contributed by atoms with E-state index in [1.807, 2.05) is 41.1 Å². The number of aromatic nitrogens is 2. The van der Waals surface area contributed by atoms with E-state index in [2.05, 4.69) is 15.6 Å². The Morgan fingerprint density at radius 2 is 2.07 bits per heavy atom. The maximum absolute atomic E-state index is 12.7. The highest BCUT2D eigenvalue weighted by molar-refractivity contribution is 6.31. The lowest BCUT2D eigenvalue weighted by Gasteiger charge is -2.12. The first-order valence-corrected chi connectivity index (χ1v) is 9.40. The van der Waals surface area contributed by atoms with E-state index < -0.39 is 13.1 Å². The molecule has 152 valence electrons. The number of halogens is 1. The van der Waals surface area contributed by atoms with Crippen LogP contribution in [-0.4, -0.2) is 22.6 Å². The number of methoxy groups -OCH3 is 1. The Bertz CT molecular complexity index is 1320. The monoisotopic (exact) mass is 424 g/mol. The van der Waals surface area contributed by atoms with Gasteiger partial charge in [-0.1, -0.05) is 17.7 Å². The maximum atomic E-state index is 12.7. The quantitative estimate of drug-likeness (QED) is 0.421. The first-order valence-electron chi connectivity index (χ1n) is 10.5. The van der Waals surface area contributed by atoms with Gasteiger partial charge in [-0.05, 0) is 54.1 Å². The zero-order valence-corrected chi connectivity index (χ0v) is 16.5. The molecule has 4 N–H and O–H groups in total. The maximum Gasteiger partial charge on any atom is 0.323 e. The molecule has 0 aliphatic heterocycles. The van der Waals surface area contributed by atoms with Crippen LogP contribution in [0.5, 0.6) is 5.75 Å². The van der Waals surface area contributed by atoms with E-state index in [0.29, 0.717) is 23.1 Å².